The van der Waals surface area contributed by atoms with E-state index in [4.69, 9.17) is 5.73 Å². The van der Waals surface area contributed by atoms with Gasteiger partial charge < -0.3 is 52.8 Å². The smallest absolute Gasteiger partial charge is 0.246 e. The molecule has 5 aliphatic carbocycles. The number of hydrogen-bond acceptors (Lipinski definition) is 10. The van der Waals surface area contributed by atoms with Crippen LogP contribution >= 0.6 is 0 Å². The van der Waals surface area contributed by atoms with Gasteiger partial charge in [0.25, 0.3) is 0 Å². The summed E-state index contributed by atoms with van der Waals surface area (Å²) in [5.41, 5.74) is 10.6. The second kappa shape index (κ2) is 26.6. The van der Waals surface area contributed by atoms with Gasteiger partial charge in [0.1, 0.15) is 24.2 Å². The molecule has 2 aromatic carbocycles. The minimum atomic E-state index is -0.875. The van der Waals surface area contributed by atoms with Crippen molar-refractivity contribution >= 4 is 47.3 Å². The summed E-state index contributed by atoms with van der Waals surface area (Å²) in [6.07, 6.45) is 16.5. The zero-order valence-electron chi connectivity index (χ0n) is 46.9. The van der Waals surface area contributed by atoms with E-state index in [1.54, 1.807) is 30.7 Å². The Morgan fingerprint density at radius 2 is 0.899 bits per heavy atom. The molecule has 2 aromatic rings. The van der Waals surface area contributed by atoms with Crippen molar-refractivity contribution in [2.24, 2.45) is 29.4 Å². The van der Waals surface area contributed by atoms with E-state index >= 15 is 0 Å². The van der Waals surface area contributed by atoms with Crippen LogP contribution in [0.2, 0.25) is 0 Å². The standard InChI is InChI=1S/C61H88N10O8/c1-36(62)54(72)68-52(40-18-6-4-7-19-40)60(78)70-34-44(32-50(70)58(76)66-48-26-14-22-38-16-10-12-24-46(38)48)64-56(74)42-28-30-43(31-29-42)57(75)65-45-33-51(59(77)67-49-27-15-23-39-17-11-13-25-47(39)49)71(35-45)61(79)53(41-20-8-5-9-21-41)69-55(73)37(2)63-3/h10-13,16-17,24-25,36-37,40-45,48-53,63H,4-9,14-15,18-23,26-35,62H2,1-3H3,(H,64,74)(H,65,75)(H,66,76)(H,67,77)(H,68,72)(H,69,73)/t36-,37-,42?,43?,44-,45-,48+,49+,50-,51-,52-,53-/m0/s1. The molecule has 0 aromatic heterocycles. The molecule has 18 heteroatoms. The van der Waals surface area contributed by atoms with Gasteiger partial charge in [-0.1, -0.05) is 87.1 Å². The molecule has 10 atom stereocenters. The van der Waals surface area contributed by atoms with Crippen LogP contribution in [0.4, 0.5) is 0 Å². The van der Waals surface area contributed by atoms with E-state index in [2.05, 4.69) is 55.4 Å². The molecule has 18 nitrogen and oxygen atoms in total. The molecule has 0 spiro atoms. The number of amides is 8. The third-order valence-electron chi connectivity index (χ3n) is 18.9. The summed E-state index contributed by atoms with van der Waals surface area (Å²) in [5, 5.41) is 22.0. The topological polar surface area (TPSA) is 253 Å². The van der Waals surface area contributed by atoms with Gasteiger partial charge in [0.05, 0.1) is 24.2 Å². The number of carbonyl (C=O) groups is 8. The van der Waals surface area contributed by atoms with Gasteiger partial charge in [0, 0.05) is 37.0 Å². The van der Waals surface area contributed by atoms with Crippen molar-refractivity contribution in [3.05, 3.63) is 70.8 Å². The van der Waals surface area contributed by atoms with E-state index in [-0.39, 0.29) is 91.2 Å². The number of hydrogen-bond donors (Lipinski definition) is 8. The van der Waals surface area contributed by atoms with E-state index < -0.39 is 66.1 Å². The summed E-state index contributed by atoms with van der Waals surface area (Å²) in [6, 6.07) is 10.0. The van der Waals surface area contributed by atoms with Gasteiger partial charge in [-0.2, -0.15) is 0 Å². The molecule has 9 rings (SSSR count). The second-order valence-corrected chi connectivity index (χ2v) is 24.3. The van der Waals surface area contributed by atoms with Crippen molar-refractivity contribution in [2.75, 3.05) is 20.1 Å². The minimum absolute atomic E-state index is 0.0800. The summed E-state index contributed by atoms with van der Waals surface area (Å²) in [6.45, 7) is 3.57. The molecule has 430 valence electrons. The average Bonchev–Trinajstić information content (AvgIpc) is 4.19. The maximum Gasteiger partial charge on any atom is 0.246 e. The Labute approximate surface area is 466 Å². The fourth-order valence-corrected chi connectivity index (χ4v) is 14.2. The molecule has 0 unspecified atom stereocenters. The molecule has 0 radical (unpaired) electrons. The van der Waals surface area contributed by atoms with Crippen LogP contribution in [0.5, 0.6) is 0 Å². The number of nitrogens with one attached hydrogen (secondary N) is 7. The zero-order valence-corrected chi connectivity index (χ0v) is 46.9. The highest BCUT2D eigenvalue weighted by Gasteiger charge is 2.48. The van der Waals surface area contributed by atoms with E-state index in [9.17, 15) is 38.4 Å². The van der Waals surface area contributed by atoms with E-state index in [0.29, 0.717) is 25.7 Å². The van der Waals surface area contributed by atoms with Gasteiger partial charge in [-0.15, -0.1) is 0 Å². The molecule has 2 heterocycles. The fourth-order valence-electron chi connectivity index (χ4n) is 14.2. The normalized spacial score (nSPS) is 27.9. The number of fused-ring (bicyclic) bond motifs is 2. The largest absolute Gasteiger partial charge is 0.351 e. The molecule has 3 saturated carbocycles. The molecule has 8 amide bonds. The van der Waals surface area contributed by atoms with Gasteiger partial charge >= 0.3 is 0 Å². The molecule has 2 aliphatic heterocycles. The van der Waals surface area contributed by atoms with Crippen LogP contribution in [0.25, 0.3) is 0 Å². The van der Waals surface area contributed by atoms with Crippen LogP contribution in [-0.2, 0) is 51.2 Å². The number of carbonyl (C=O) groups excluding carboxylic acids is 8. The number of likely N-dealkylation sites (tertiary alicyclic amines) is 2. The Morgan fingerprint density at radius 1 is 0.494 bits per heavy atom. The molecule has 2 saturated heterocycles. The van der Waals surface area contributed by atoms with Crippen molar-refractivity contribution in [3.63, 3.8) is 0 Å². The van der Waals surface area contributed by atoms with Crippen molar-refractivity contribution in [2.45, 2.75) is 216 Å². The number of benzene rings is 2. The monoisotopic (exact) mass is 1090 g/mol. The van der Waals surface area contributed by atoms with E-state index in [1.807, 2.05) is 30.3 Å². The van der Waals surface area contributed by atoms with Crippen LogP contribution in [0.1, 0.15) is 177 Å². The number of rotatable bonds is 17. The lowest BCUT2D eigenvalue weighted by Gasteiger charge is -2.35. The van der Waals surface area contributed by atoms with Gasteiger partial charge in [0.2, 0.25) is 47.3 Å². The Morgan fingerprint density at radius 3 is 1.30 bits per heavy atom. The lowest BCUT2D eigenvalue weighted by Crippen LogP contribution is -2.58. The lowest BCUT2D eigenvalue weighted by molar-refractivity contribution is -0.143. The predicted molar refractivity (Wildman–Crippen MR) is 299 cm³/mol. The third-order valence-corrected chi connectivity index (χ3v) is 18.9. The molecular formula is C61H88N10O8. The Balaban J connectivity index is 0.853. The van der Waals surface area contributed by atoms with E-state index in [1.165, 1.54) is 11.1 Å². The minimum Gasteiger partial charge on any atom is -0.351 e. The fraction of sp³-hybridized carbons (Fsp3) is 0.672. The Bertz CT molecular complexity index is 2520. The maximum atomic E-state index is 14.9. The van der Waals surface area contributed by atoms with E-state index in [0.717, 1.165) is 114 Å². The van der Waals surface area contributed by atoms with Gasteiger partial charge in [-0.25, -0.2) is 0 Å². The van der Waals surface area contributed by atoms with Crippen molar-refractivity contribution in [3.8, 4) is 0 Å². The first kappa shape index (κ1) is 57.8. The summed E-state index contributed by atoms with van der Waals surface area (Å²) >= 11 is 0. The lowest BCUT2D eigenvalue weighted by atomic mass is 9.81. The summed E-state index contributed by atoms with van der Waals surface area (Å²) < 4.78 is 0. The van der Waals surface area contributed by atoms with Crippen LogP contribution in [0, 0.1) is 23.7 Å². The molecule has 7 aliphatic rings. The van der Waals surface area contributed by atoms with Crippen LogP contribution in [0.3, 0.4) is 0 Å². The van der Waals surface area contributed by atoms with Crippen LogP contribution in [0.15, 0.2) is 48.5 Å². The van der Waals surface area contributed by atoms with Crippen molar-refractivity contribution in [1.82, 2.24) is 47.0 Å². The summed E-state index contributed by atoms with van der Waals surface area (Å²) in [5.74, 6) is -3.23. The number of aryl methyl sites for hydroxylation is 2. The molecule has 9 N–H and O–H groups in total. The first-order valence-corrected chi connectivity index (χ1v) is 30.2. The van der Waals surface area contributed by atoms with Crippen LogP contribution < -0.4 is 43.0 Å². The molecule has 5 fully saturated rings. The average molecular weight is 1090 g/mol. The summed E-state index contributed by atoms with van der Waals surface area (Å²) in [4.78, 5) is 117. The molecule has 79 heavy (non-hydrogen) atoms. The highest BCUT2D eigenvalue weighted by Crippen LogP contribution is 2.36. The molecule has 0 bridgehead atoms. The Hall–Kier alpha value is -5.88. The highest BCUT2D eigenvalue weighted by molar-refractivity contribution is 5.95. The first-order valence-electron chi connectivity index (χ1n) is 30.2. The first-order chi connectivity index (χ1) is 38.2. The van der Waals surface area contributed by atoms with Gasteiger partial charge in [-0.3, -0.25) is 38.4 Å². The van der Waals surface area contributed by atoms with Crippen LogP contribution in [-0.4, -0.2) is 126 Å². The van der Waals surface area contributed by atoms with Gasteiger partial charge in [0.15, 0.2) is 0 Å². The quantitative estimate of drug-likeness (QED) is 0.111. The van der Waals surface area contributed by atoms with Crippen molar-refractivity contribution in [1.29, 1.82) is 0 Å². The predicted octanol–water partition coefficient (Wildman–Crippen LogP) is 4.44. The SMILES string of the molecule is CN[C@@H](C)C(=O)N[C@H](C(=O)N1C[C@@H](NC(=O)C2CCC(C(=O)N[C@H]3C[C@@H](C(=O)N[C@@H]4CCCc5ccccc54)N(C(=O)[C@@H](NC(=O)[C@H](C)N)C4CCCCC4)C3)CC2)C[C@H]1C(=O)N[C@@H]1CCCc2ccccc21)C1CCCCC1. The highest BCUT2D eigenvalue weighted by atomic mass is 16.2. The second-order valence-electron chi connectivity index (χ2n) is 24.3. The Kier molecular flexibility index (Phi) is 19.5. The van der Waals surface area contributed by atoms with Gasteiger partial charge in [-0.05, 0) is 158 Å². The number of nitrogens with zero attached hydrogens (tertiary/aromatic N) is 2. The number of likely N-dealkylation sites (N-methyl/N-ethyl adjacent to an activating group) is 1. The third kappa shape index (κ3) is 13.8. The van der Waals surface area contributed by atoms with Crippen molar-refractivity contribution < 1.29 is 38.4 Å². The zero-order chi connectivity index (χ0) is 55.7. The summed E-state index contributed by atoms with van der Waals surface area (Å²) in [7, 11) is 1.70. The maximum absolute atomic E-state index is 14.9. The molecular weight excluding hydrogens is 1000 g/mol. The number of nitrogens with two attached hydrogens (primary N) is 1.